The van der Waals surface area contributed by atoms with E-state index in [0.717, 1.165) is 26.8 Å². The third kappa shape index (κ3) is 3.62. The number of hydrogen-bond acceptors (Lipinski definition) is 6. The first-order chi connectivity index (χ1) is 11.0. The Balaban J connectivity index is 1.66. The average molecular weight is 328 g/mol. The standard InChI is InChI=1S/C16H16N4O2S/c1-9-14(23-11(3)17-9)8-15(21)19-13-6-4-12(5-7-13)16-18-10(2)20-22-16/h4-7H,8H2,1-3H3,(H,19,21). The van der Waals surface area contributed by atoms with Crippen molar-refractivity contribution in [3.8, 4) is 11.5 Å². The highest BCUT2D eigenvalue weighted by Crippen LogP contribution is 2.21. The Kier molecular flexibility index (Phi) is 4.20. The molecular formula is C16H16N4O2S. The molecule has 6 nitrogen and oxygen atoms in total. The number of aromatic nitrogens is 3. The molecule has 1 aromatic carbocycles. The molecular weight excluding hydrogens is 312 g/mol. The Hall–Kier alpha value is -2.54. The number of benzene rings is 1. The largest absolute Gasteiger partial charge is 0.334 e. The zero-order chi connectivity index (χ0) is 16.4. The summed E-state index contributed by atoms with van der Waals surface area (Å²) >= 11 is 1.56. The van der Waals surface area contributed by atoms with E-state index in [1.807, 2.05) is 38.1 Å². The number of aryl methyl sites for hydroxylation is 3. The van der Waals surface area contributed by atoms with Crippen LogP contribution >= 0.6 is 11.3 Å². The van der Waals surface area contributed by atoms with Crippen LogP contribution in [0, 0.1) is 20.8 Å². The highest BCUT2D eigenvalue weighted by molar-refractivity contribution is 7.11. The molecule has 0 atom stereocenters. The predicted octanol–water partition coefficient (Wildman–Crippen LogP) is 3.30. The lowest BCUT2D eigenvalue weighted by Crippen LogP contribution is -2.14. The van der Waals surface area contributed by atoms with Gasteiger partial charge in [0.15, 0.2) is 5.82 Å². The van der Waals surface area contributed by atoms with E-state index >= 15 is 0 Å². The van der Waals surface area contributed by atoms with Crippen molar-refractivity contribution < 1.29 is 9.32 Å². The van der Waals surface area contributed by atoms with E-state index in [1.165, 1.54) is 0 Å². The van der Waals surface area contributed by atoms with Gasteiger partial charge in [0.05, 0.1) is 17.1 Å². The van der Waals surface area contributed by atoms with Gasteiger partial charge in [-0.2, -0.15) is 4.98 Å². The summed E-state index contributed by atoms with van der Waals surface area (Å²) in [4.78, 5) is 21.6. The fraction of sp³-hybridized carbons (Fsp3) is 0.250. The van der Waals surface area contributed by atoms with Crippen LogP contribution in [0.2, 0.25) is 0 Å². The van der Waals surface area contributed by atoms with Crippen LogP contribution in [0.3, 0.4) is 0 Å². The smallest absolute Gasteiger partial charge is 0.257 e. The highest BCUT2D eigenvalue weighted by atomic mass is 32.1. The van der Waals surface area contributed by atoms with Gasteiger partial charge in [-0.05, 0) is 45.0 Å². The minimum atomic E-state index is -0.0573. The number of anilines is 1. The summed E-state index contributed by atoms with van der Waals surface area (Å²) in [7, 11) is 0. The number of amides is 1. The number of carbonyl (C=O) groups excluding carboxylic acids is 1. The molecule has 0 aliphatic heterocycles. The lowest BCUT2D eigenvalue weighted by atomic mass is 10.2. The second-order valence-electron chi connectivity index (χ2n) is 5.19. The van der Waals surface area contributed by atoms with Gasteiger partial charge in [-0.25, -0.2) is 4.98 Å². The van der Waals surface area contributed by atoms with E-state index in [1.54, 1.807) is 18.3 Å². The van der Waals surface area contributed by atoms with Crippen LogP contribution in [0.4, 0.5) is 5.69 Å². The molecule has 2 aromatic heterocycles. The quantitative estimate of drug-likeness (QED) is 0.795. The van der Waals surface area contributed by atoms with Gasteiger partial charge in [-0.1, -0.05) is 5.16 Å². The van der Waals surface area contributed by atoms with Crippen LogP contribution in [0.25, 0.3) is 11.5 Å². The first kappa shape index (κ1) is 15.4. The number of thiazole rings is 1. The fourth-order valence-corrected chi connectivity index (χ4v) is 3.13. The topological polar surface area (TPSA) is 80.9 Å². The molecule has 0 fully saturated rings. The molecule has 1 N–H and O–H groups in total. The summed E-state index contributed by atoms with van der Waals surface area (Å²) in [6.45, 7) is 5.63. The van der Waals surface area contributed by atoms with Gasteiger partial charge in [0, 0.05) is 16.1 Å². The molecule has 23 heavy (non-hydrogen) atoms. The maximum absolute atomic E-state index is 12.1. The van der Waals surface area contributed by atoms with Crippen LogP contribution in [0.5, 0.6) is 0 Å². The van der Waals surface area contributed by atoms with E-state index in [9.17, 15) is 4.79 Å². The monoisotopic (exact) mass is 328 g/mol. The third-order valence-corrected chi connectivity index (χ3v) is 4.34. The van der Waals surface area contributed by atoms with E-state index < -0.39 is 0 Å². The SMILES string of the molecule is Cc1noc(-c2ccc(NC(=O)Cc3sc(C)nc3C)cc2)n1. The van der Waals surface area contributed by atoms with Gasteiger partial charge in [0.2, 0.25) is 5.91 Å². The maximum atomic E-state index is 12.1. The van der Waals surface area contributed by atoms with Crippen LogP contribution in [0.1, 0.15) is 21.4 Å². The summed E-state index contributed by atoms with van der Waals surface area (Å²) in [5.41, 5.74) is 2.47. The molecule has 0 aliphatic rings. The fourth-order valence-electron chi connectivity index (χ4n) is 2.20. The first-order valence-corrected chi connectivity index (χ1v) is 7.96. The molecule has 0 radical (unpaired) electrons. The van der Waals surface area contributed by atoms with Crippen LogP contribution in [-0.2, 0) is 11.2 Å². The van der Waals surface area contributed by atoms with E-state index in [0.29, 0.717) is 18.1 Å². The minimum absolute atomic E-state index is 0.0573. The number of nitrogens with one attached hydrogen (secondary N) is 1. The Morgan fingerprint density at radius 1 is 1.17 bits per heavy atom. The molecule has 0 spiro atoms. The van der Waals surface area contributed by atoms with Gasteiger partial charge in [0.1, 0.15) is 0 Å². The first-order valence-electron chi connectivity index (χ1n) is 7.15. The van der Waals surface area contributed by atoms with E-state index in [-0.39, 0.29) is 5.91 Å². The zero-order valence-electron chi connectivity index (χ0n) is 13.1. The predicted molar refractivity (Wildman–Crippen MR) is 88.4 cm³/mol. The van der Waals surface area contributed by atoms with Gasteiger partial charge in [-0.3, -0.25) is 4.79 Å². The van der Waals surface area contributed by atoms with Crippen molar-refractivity contribution in [3.63, 3.8) is 0 Å². The number of carbonyl (C=O) groups is 1. The summed E-state index contributed by atoms with van der Waals surface area (Å²) in [5, 5.41) is 7.62. The summed E-state index contributed by atoms with van der Waals surface area (Å²) in [6, 6.07) is 7.31. The number of hydrogen-bond donors (Lipinski definition) is 1. The van der Waals surface area contributed by atoms with Crippen LogP contribution in [0.15, 0.2) is 28.8 Å². The lowest BCUT2D eigenvalue weighted by molar-refractivity contribution is -0.115. The molecule has 0 saturated heterocycles. The van der Waals surface area contributed by atoms with Gasteiger partial charge in [0.25, 0.3) is 5.89 Å². The van der Waals surface area contributed by atoms with Crippen LogP contribution < -0.4 is 5.32 Å². The summed E-state index contributed by atoms with van der Waals surface area (Å²) in [6.07, 6.45) is 0.335. The zero-order valence-corrected chi connectivity index (χ0v) is 13.9. The molecule has 7 heteroatoms. The van der Waals surface area contributed by atoms with Crippen molar-refractivity contribution in [3.05, 3.63) is 45.7 Å². The molecule has 2 heterocycles. The summed E-state index contributed by atoms with van der Waals surface area (Å²) in [5.74, 6) is 1.00. The molecule has 0 unspecified atom stereocenters. The van der Waals surface area contributed by atoms with Crippen molar-refractivity contribution in [1.29, 1.82) is 0 Å². The van der Waals surface area contributed by atoms with Crippen molar-refractivity contribution in [1.82, 2.24) is 15.1 Å². The normalized spacial score (nSPS) is 10.7. The molecule has 3 rings (SSSR count). The van der Waals surface area contributed by atoms with Crippen molar-refractivity contribution in [2.75, 3.05) is 5.32 Å². The molecule has 0 aliphatic carbocycles. The van der Waals surface area contributed by atoms with Gasteiger partial charge in [-0.15, -0.1) is 11.3 Å². The Morgan fingerprint density at radius 3 is 2.48 bits per heavy atom. The molecule has 3 aromatic rings. The second-order valence-corrected chi connectivity index (χ2v) is 6.48. The molecule has 118 valence electrons. The van der Waals surface area contributed by atoms with E-state index in [4.69, 9.17) is 4.52 Å². The number of rotatable bonds is 4. The molecule has 0 bridgehead atoms. The maximum Gasteiger partial charge on any atom is 0.257 e. The van der Waals surface area contributed by atoms with Crippen molar-refractivity contribution in [2.24, 2.45) is 0 Å². The van der Waals surface area contributed by atoms with E-state index in [2.05, 4.69) is 20.4 Å². The molecule has 1 amide bonds. The van der Waals surface area contributed by atoms with Crippen LogP contribution in [-0.4, -0.2) is 21.0 Å². The van der Waals surface area contributed by atoms with Crippen molar-refractivity contribution >= 4 is 22.9 Å². The Labute approximate surface area is 137 Å². The third-order valence-electron chi connectivity index (χ3n) is 3.26. The number of nitrogens with zero attached hydrogens (tertiary/aromatic N) is 3. The average Bonchev–Trinajstić information content (AvgIpc) is 3.06. The minimum Gasteiger partial charge on any atom is -0.334 e. The summed E-state index contributed by atoms with van der Waals surface area (Å²) < 4.78 is 5.11. The van der Waals surface area contributed by atoms with Gasteiger partial charge >= 0.3 is 0 Å². The van der Waals surface area contributed by atoms with Gasteiger partial charge < -0.3 is 9.84 Å². The highest BCUT2D eigenvalue weighted by Gasteiger charge is 2.11. The Morgan fingerprint density at radius 2 is 1.91 bits per heavy atom. The van der Waals surface area contributed by atoms with Crippen molar-refractivity contribution in [2.45, 2.75) is 27.2 Å². The second kappa shape index (κ2) is 6.29. The lowest BCUT2D eigenvalue weighted by Gasteiger charge is -2.05. The Bertz CT molecular complexity index is 836. The molecule has 0 saturated carbocycles.